The topological polar surface area (TPSA) is 93.1 Å². The quantitative estimate of drug-likeness (QED) is 0.541. The minimum atomic E-state index is -4.16. The molecule has 0 radical (unpaired) electrons. The Kier molecular flexibility index (Phi) is 5.76. The van der Waals surface area contributed by atoms with Crippen molar-refractivity contribution >= 4 is 15.7 Å². The molecule has 35 heavy (non-hydrogen) atoms. The molecular weight excluding hydrogens is 466 g/mol. The highest BCUT2D eigenvalue weighted by Gasteiger charge is 2.46. The van der Waals surface area contributed by atoms with Gasteiger partial charge in [-0.25, -0.2) is 8.42 Å². The van der Waals surface area contributed by atoms with Gasteiger partial charge in [-0.15, -0.1) is 0 Å². The van der Waals surface area contributed by atoms with E-state index in [0.717, 1.165) is 23.1 Å². The van der Waals surface area contributed by atoms with E-state index >= 15 is 0 Å². The summed E-state index contributed by atoms with van der Waals surface area (Å²) in [4.78, 5) is 14.4. The van der Waals surface area contributed by atoms with Gasteiger partial charge >= 0.3 is 0 Å². The van der Waals surface area contributed by atoms with Crippen LogP contribution in [0.15, 0.2) is 82.3 Å². The zero-order valence-corrected chi connectivity index (χ0v) is 20.2. The average molecular weight is 492 g/mol. The van der Waals surface area contributed by atoms with Crippen molar-refractivity contribution in [3.63, 3.8) is 0 Å². The van der Waals surface area contributed by atoms with Crippen LogP contribution in [0, 0.1) is 6.92 Å². The Bertz CT molecular complexity index is 1430. The average Bonchev–Trinajstić information content (AvgIpc) is 3.42. The van der Waals surface area contributed by atoms with Crippen molar-refractivity contribution in [3.8, 4) is 11.5 Å². The molecule has 5 rings (SSSR count). The second-order valence-corrected chi connectivity index (χ2v) is 10.6. The molecule has 0 aliphatic carbocycles. The summed E-state index contributed by atoms with van der Waals surface area (Å²) in [5.41, 5.74) is 3.31. The molecule has 2 aliphatic rings. The largest absolute Gasteiger partial charge is 0.502 e. The van der Waals surface area contributed by atoms with E-state index in [1.807, 2.05) is 38.1 Å². The number of hydrogen-bond donors (Lipinski definition) is 1. The summed E-state index contributed by atoms with van der Waals surface area (Å²) in [6.45, 7) is 4.08. The molecule has 0 saturated carbocycles. The van der Waals surface area contributed by atoms with Gasteiger partial charge in [0.25, 0.3) is 5.91 Å². The number of amides is 1. The predicted molar refractivity (Wildman–Crippen MR) is 130 cm³/mol. The maximum absolute atomic E-state index is 13.7. The van der Waals surface area contributed by atoms with Gasteiger partial charge in [0.15, 0.2) is 17.3 Å². The molecule has 8 heteroatoms. The number of hydrogen-bond acceptors (Lipinski definition) is 6. The first-order chi connectivity index (χ1) is 16.8. The first-order valence-electron chi connectivity index (χ1n) is 11.3. The van der Waals surface area contributed by atoms with E-state index in [0.29, 0.717) is 17.1 Å². The third-order valence-electron chi connectivity index (χ3n) is 6.37. The Morgan fingerprint density at radius 1 is 0.943 bits per heavy atom. The van der Waals surface area contributed by atoms with Crippen LogP contribution in [0.5, 0.6) is 11.5 Å². The van der Waals surface area contributed by atoms with Crippen LogP contribution in [0.2, 0.25) is 0 Å². The molecule has 0 saturated heterocycles. The van der Waals surface area contributed by atoms with Gasteiger partial charge in [0.2, 0.25) is 16.6 Å². The highest BCUT2D eigenvalue weighted by molar-refractivity contribution is 7.95. The number of carbonyl (C=O) groups is 1. The number of aryl methyl sites for hydroxylation is 2. The summed E-state index contributed by atoms with van der Waals surface area (Å²) < 4.78 is 38.3. The van der Waals surface area contributed by atoms with Gasteiger partial charge in [0.1, 0.15) is 4.91 Å². The maximum atomic E-state index is 13.7. The normalized spacial score (nSPS) is 17.4. The van der Waals surface area contributed by atoms with E-state index < -0.39 is 27.5 Å². The zero-order chi connectivity index (χ0) is 24.7. The molecule has 0 bridgehead atoms. The Labute approximate surface area is 204 Å². The van der Waals surface area contributed by atoms with Gasteiger partial charge in [-0.2, -0.15) is 0 Å². The molecule has 1 N–H and O–H groups in total. The summed E-state index contributed by atoms with van der Waals surface area (Å²) >= 11 is 0. The van der Waals surface area contributed by atoms with Gasteiger partial charge in [-0.1, -0.05) is 55.0 Å². The molecule has 0 fully saturated rings. The van der Waals surface area contributed by atoms with Crippen LogP contribution in [0.4, 0.5) is 0 Å². The molecule has 2 aliphatic heterocycles. The minimum absolute atomic E-state index is 0.0255. The Balaban J connectivity index is 1.60. The number of sulfone groups is 1. The van der Waals surface area contributed by atoms with E-state index in [2.05, 4.69) is 0 Å². The lowest BCUT2D eigenvalue weighted by Crippen LogP contribution is -2.30. The highest BCUT2D eigenvalue weighted by atomic mass is 32.2. The van der Waals surface area contributed by atoms with Crippen molar-refractivity contribution in [3.05, 3.63) is 99.6 Å². The Hall–Kier alpha value is -3.78. The number of fused-ring (bicyclic) bond motifs is 1. The number of benzene rings is 3. The predicted octanol–water partition coefficient (Wildman–Crippen LogP) is 4.61. The van der Waals surface area contributed by atoms with E-state index in [4.69, 9.17) is 9.47 Å². The summed E-state index contributed by atoms with van der Waals surface area (Å²) in [6, 6.07) is 18.1. The number of rotatable bonds is 6. The molecule has 0 spiro atoms. The fraction of sp³-hybridized carbons (Fsp3) is 0.222. The van der Waals surface area contributed by atoms with Crippen molar-refractivity contribution in [2.45, 2.75) is 37.8 Å². The lowest BCUT2D eigenvalue weighted by Gasteiger charge is -2.27. The second kappa shape index (κ2) is 8.78. The number of nitrogens with zero attached hydrogens (tertiary/aromatic N) is 1. The van der Waals surface area contributed by atoms with Crippen LogP contribution in [-0.4, -0.2) is 31.1 Å². The molecule has 1 atom stereocenters. The van der Waals surface area contributed by atoms with E-state index in [-0.39, 0.29) is 23.1 Å². The molecule has 3 aromatic carbocycles. The van der Waals surface area contributed by atoms with Crippen LogP contribution < -0.4 is 9.47 Å². The van der Waals surface area contributed by atoms with Gasteiger partial charge < -0.3 is 19.5 Å². The molecule has 0 aromatic heterocycles. The number of aliphatic hydroxyl groups excluding tert-OH is 1. The zero-order valence-electron chi connectivity index (χ0n) is 19.4. The van der Waals surface area contributed by atoms with Crippen molar-refractivity contribution in [2.75, 3.05) is 6.79 Å². The standard InChI is InChI=1S/C27H25NO6S/c1-3-18-6-9-20(10-7-18)24-26(35(31,32)21-11-4-17(2)5-12-21)25(29)27(30)28(24)15-19-8-13-22-23(14-19)34-16-33-22/h4-14,24,29H,3,15-16H2,1-2H3/t24-/m0/s1. The van der Waals surface area contributed by atoms with Crippen LogP contribution in [0.1, 0.15) is 35.2 Å². The third-order valence-corrected chi connectivity index (χ3v) is 8.26. The lowest BCUT2D eigenvalue weighted by molar-refractivity contribution is -0.130. The smallest absolute Gasteiger partial charge is 0.290 e. The molecule has 1 amide bonds. The third kappa shape index (κ3) is 4.04. The van der Waals surface area contributed by atoms with Gasteiger partial charge in [0, 0.05) is 6.54 Å². The number of ether oxygens (including phenoxy) is 2. The Morgan fingerprint density at radius 3 is 2.29 bits per heavy atom. The van der Waals surface area contributed by atoms with Crippen molar-refractivity contribution in [2.24, 2.45) is 0 Å². The summed E-state index contributed by atoms with van der Waals surface area (Å²) in [7, 11) is -4.16. The Morgan fingerprint density at radius 2 is 1.60 bits per heavy atom. The molecule has 2 heterocycles. The van der Waals surface area contributed by atoms with Crippen molar-refractivity contribution in [1.82, 2.24) is 4.90 Å². The van der Waals surface area contributed by atoms with Gasteiger partial charge in [0.05, 0.1) is 10.9 Å². The summed E-state index contributed by atoms with van der Waals surface area (Å²) in [5.74, 6) is -0.326. The summed E-state index contributed by atoms with van der Waals surface area (Å²) in [5, 5.41) is 10.9. The first-order valence-corrected chi connectivity index (χ1v) is 12.8. The van der Waals surface area contributed by atoms with Crippen LogP contribution in [-0.2, 0) is 27.6 Å². The van der Waals surface area contributed by atoms with Crippen LogP contribution >= 0.6 is 0 Å². The van der Waals surface area contributed by atoms with Gasteiger partial charge in [-0.05, 0) is 54.3 Å². The van der Waals surface area contributed by atoms with Crippen LogP contribution in [0.25, 0.3) is 0 Å². The molecular formula is C27H25NO6S. The van der Waals surface area contributed by atoms with Gasteiger partial charge in [-0.3, -0.25) is 4.79 Å². The number of carbonyl (C=O) groups excluding carboxylic acids is 1. The highest BCUT2D eigenvalue weighted by Crippen LogP contribution is 2.44. The molecule has 180 valence electrons. The molecule has 3 aromatic rings. The minimum Gasteiger partial charge on any atom is -0.502 e. The lowest BCUT2D eigenvalue weighted by atomic mass is 10.0. The van der Waals surface area contributed by atoms with Crippen LogP contribution in [0.3, 0.4) is 0 Å². The summed E-state index contributed by atoms with van der Waals surface area (Å²) in [6.07, 6.45) is 0.820. The SMILES string of the molecule is CCc1ccc([C@H]2C(S(=O)(=O)c3ccc(C)cc3)=C(O)C(=O)N2Cc2ccc3c(c2)OCO3)cc1. The maximum Gasteiger partial charge on any atom is 0.290 e. The number of aliphatic hydroxyl groups is 1. The monoisotopic (exact) mass is 491 g/mol. The molecule has 7 nitrogen and oxygen atoms in total. The van der Waals surface area contributed by atoms with E-state index in [1.54, 1.807) is 30.3 Å². The molecule has 0 unspecified atom stereocenters. The first kappa shape index (κ1) is 23.0. The second-order valence-electron chi connectivity index (χ2n) is 8.65. The fourth-order valence-electron chi connectivity index (χ4n) is 4.41. The van der Waals surface area contributed by atoms with E-state index in [9.17, 15) is 18.3 Å². The fourth-order valence-corrected chi connectivity index (χ4v) is 6.06. The van der Waals surface area contributed by atoms with Crippen molar-refractivity contribution < 1.29 is 27.8 Å². The van der Waals surface area contributed by atoms with E-state index in [1.165, 1.54) is 17.0 Å². The van der Waals surface area contributed by atoms with Crippen molar-refractivity contribution in [1.29, 1.82) is 0 Å².